The molecular weight excluding hydrogens is 520 g/mol. The summed E-state index contributed by atoms with van der Waals surface area (Å²) < 4.78 is 5.65. The Morgan fingerprint density at radius 3 is 1.49 bits per heavy atom. The summed E-state index contributed by atoms with van der Waals surface area (Å²) in [5.74, 6) is -7.59. The summed E-state index contributed by atoms with van der Waals surface area (Å²) in [6.45, 7) is 3.81. The Morgan fingerprint density at radius 2 is 1.02 bits per heavy atom. The molecule has 1 saturated carbocycles. The Hall–Kier alpha value is -4.85. The van der Waals surface area contributed by atoms with Gasteiger partial charge < -0.3 is 4.74 Å². The molecule has 3 aromatic carbocycles. The van der Waals surface area contributed by atoms with Gasteiger partial charge in [-0.05, 0) is 50.2 Å². The van der Waals surface area contributed by atoms with E-state index in [0.29, 0.717) is 17.1 Å². The standard InChI is InChI=1S/C33H26N2O6/c1-17-8-12-19(13-9-17)34-29(36)25-22-16-23(33(40)41-21-6-4-3-5-7-21)24(27(25)31(34)38)28-26(22)30(37)35(32(28)39)20-14-10-18(2)11-15-20/h3-16,22,24-28H,1-2H3/t22?,24?,25-,26+,27+,28-. The molecule has 2 heterocycles. The second-order valence-electron chi connectivity index (χ2n) is 11.2. The van der Waals surface area contributed by atoms with Gasteiger partial charge in [-0.3, -0.25) is 29.0 Å². The van der Waals surface area contributed by atoms with E-state index in [1.807, 2.05) is 38.1 Å². The van der Waals surface area contributed by atoms with Crippen molar-refractivity contribution < 1.29 is 28.7 Å². The van der Waals surface area contributed by atoms with Crippen molar-refractivity contribution in [2.24, 2.45) is 35.5 Å². The number of anilines is 2. The predicted octanol–water partition coefficient (Wildman–Crippen LogP) is 4.01. The number of hydrogen-bond donors (Lipinski definition) is 0. The first-order valence-electron chi connectivity index (χ1n) is 13.6. The van der Waals surface area contributed by atoms with Crippen LogP contribution in [-0.2, 0) is 24.0 Å². The molecule has 2 saturated heterocycles. The highest BCUT2D eigenvalue weighted by Crippen LogP contribution is 2.61. The number of allylic oxidation sites excluding steroid dienone is 1. The van der Waals surface area contributed by atoms with Crippen LogP contribution in [0.1, 0.15) is 11.1 Å². The molecule has 204 valence electrons. The van der Waals surface area contributed by atoms with Gasteiger partial charge in [0.05, 0.1) is 35.0 Å². The monoisotopic (exact) mass is 546 g/mol. The minimum absolute atomic E-state index is 0.167. The van der Waals surface area contributed by atoms with Crippen LogP contribution in [-0.4, -0.2) is 29.6 Å². The van der Waals surface area contributed by atoms with E-state index in [-0.39, 0.29) is 5.57 Å². The van der Waals surface area contributed by atoms with Crippen LogP contribution < -0.4 is 14.5 Å². The van der Waals surface area contributed by atoms with Crippen molar-refractivity contribution in [3.8, 4) is 5.75 Å². The molecule has 5 aliphatic rings. The number of carbonyl (C=O) groups excluding carboxylic acids is 5. The molecule has 0 N–H and O–H groups in total. The van der Waals surface area contributed by atoms with Gasteiger partial charge in [-0.2, -0.15) is 0 Å². The maximum absolute atomic E-state index is 14.0. The lowest BCUT2D eigenvalue weighted by Gasteiger charge is -2.46. The zero-order valence-electron chi connectivity index (χ0n) is 22.4. The zero-order chi connectivity index (χ0) is 28.6. The third-order valence-electron chi connectivity index (χ3n) is 8.90. The number of carbonyl (C=O) groups is 5. The smallest absolute Gasteiger partial charge is 0.339 e. The van der Waals surface area contributed by atoms with E-state index >= 15 is 0 Å². The lowest BCUT2D eigenvalue weighted by Crippen LogP contribution is -2.53. The van der Waals surface area contributed by atoms with E-state index in [0.717, 1.165) is 20.9 Å². The van der Waals surface area contributed by atoms with Gasteiger partial charge in [0.1, 0.15) is 5.75 Å². The van der Waals surface area contributed by atoms with Crippen molar-refractivity contribution in [3.05, 3.63) is 102 Å². The van der Waals surface area contributed by atoms with Gasteiger partial charge in [0, 0.05) is 17.4 Å². The largest absolute Gasteiger partial charge is 0.423 e. The highest BCUT2D eigenvalue weighted by atomic mass is 16.5. The maximum Gasteiger partial charge on any atom is 0.339 e. The van der Waals surface area contributed by atoms with Gasteiger partial charge >= 0.3 is 5.97 Å². The number of hydrogen-bond acceptors (Lipinski definition) is 6. The van der Waals surface area contributed by atoms with Crippen molar-refractivity contribution in [3.63, 3.8) is 0 Å². The van der Waals surface area contributed by atoms with Crippen molar-refractivity contribution >= 4 is 41.0 Å². The highest BCUT2D eigenvalue weighted by molar-refractivity contribution is 6.27. The van der Waals surface area contributed by atoms with E-state index in [1.54, 1.807) is 60.7 Å². The van der Waals surface area contributed by atoms with Crippen molar-refractivity contribution in [1.29, 1.82) is 0 Å². The second kappa shape index (κ2) is 9.09. The predicted molar refractivity (Wildman–Crippen MR) is 148 cm³/mol. The van der Waals surface area contributed by atoms with E-state index in [2.05, 4.69) is 0 Å². The van der Waals surface area contributed by atoms with Crippen LogP contribution in [0.3, 0.4) is 0 Å². The van der Waals surface area contributed by atoms with Gasteiger partial charge in [0.15, 0.2) is 0 Å². The fraction of sp³-hybridized carbons (Fsp3) is 0.242. The summed E-state index contributed by atoms with van der Waals surface area (Å²) in [6.07, 6.45) is 1.62. The number of rotatable bonds is 4. The number of imide groups is 2. The van der Waals surface area contributed by atoms with Crippen LogP contribution in [0.5, 0.6) is 5.75 Å². The number of aryl methyl sites for hydroxylation is 2. The first-order chi connectivity index (χ1) is 19.8. The molecule has 8 heteroatoms. The van der Waals surface area contributed by atoms with Gasteiger partial charge in [-0.25, -0.2) is 4.79 Å². The zero-order valence-corrected chi connectivity index (χ0v) is 22.4. The average Bonchev–Trinajstić information content (AvgIpc) is 3.41. The number of nitrogens with zero attached hydrogens (tertiary/aromatic N) is 2. The third kappa shape index (κ3) is 3.63. The quantitative estimate of drug-likeness (QED) is 0.279. The molecule has 3 fully saturated rings. The minimum atomic E-state index is -0.981. The summed E-state index contributed by atoms with van der Waals surface area (Å²) in [5, 5.41) is 0. The number of benzene rings is 3. The average molecular weight is 547 g/mol. The molecule has 8 nitrogen and oxygen atoms in total. The molecule has 0 aromatic heterocycles. The van der Waals surface area contributed by atoms with Gasteiger partial charge in [0.2, 0.25) is 23.6 Å². The molecule has 3 aliphatic carbocycles. The Kier molecular flexibility index (Phi) is 5.57. The lowest BCUT2D eigenvalue weighted by molar-refractivity contribution is -0.142. The number of amides is 4. The summed E-state index contributed by atoms with van der Waals surface area (Å²) in [4.78, 5) is 71.8. The summed E-state index contributed by atoms with van der Waals surface area (Å²) in [6, 6.07) is 22.6. The second-order valence-corrected chi connectivity index (χ2v) is 11.2. The summed E-state index contributed by atoms with van der Waals surface area (Å²) in [7, 11) is 0. The maximum atomic E-state index is 14.0. The van der Waals surface area contributed by atoms with Crippen LogP contribution in [0.2, 0.25) is 0 Å². The molecule has 8 rings (SSSR count). The molecule has 0 radical (unpaired) electrons. The third-order valence-corrected chi connectivity index (χ3v) is 8.90. The Labute approximate surface area is 236 Å². The minimum Gasteiger partial charge on any atom is -0.423 e. The van der Waals surface area contributed by atoms with Crippen molar-refractivity contribution in [1.82, 2.24) is 0 Å². The molecule has 3 aromatic rings. The molecule has 2 bridgehead atoms. The highest BCUT2D eigenvalue weighted by Gasteiger charge is 2.71. The first-order valence-corrected chi connectivity index (χ1v) is 13.6. The molecule has 0 spiro atoms. The first kappa shape index (κ1) is 25.1. The number of para-hydroxylation sites is 1. The van der Waals surface area contributed by atoms with Crippen molar-refractivity contribution in [2.75, 3.05) is 9.80 Å². The number of esters is 1. The summed E-state index contributed by atoms with van der Waals surface area (Å²) in [5.41, 5.74) is 2.97. The van der Waals surface area contributed by atoms with Gasteiger partial charge in [-0.1, -0.05) is 59.7 Å². The fourth-order valence-electron chi connectivity index (χ4n) is 7.10. The lowest BCUT2D eigenvalue weighted by atomic mass is 9.52. The SMILES string of the molecule is Cc1ccc(N2C(=O)[C@@H]3C4C(C(=O)Oc5ccccc5)=CC([C@H]5C(=O)N(c6ccc(C)cc6)C(=O)[C@@H]45)[C@@H]3C2=O)cc1. The topological polar surface area (TPSA) is 101 Å². The Balaban J connectivity index is 1.33. The molecular formula is C33H26N2O6. The van der Waals surface area contributed by atoms with E-state index in [4.69, 9.17) is 4.74 Å². The summed E-state index contributed by atoms with van der Waals surface area (Å²) >= 11 is 0. The van der Waals surface area contributed by atoms with Crippen LogP contribution in [0.25, 0.3) is 0 Å². The molecule has 6 atom stereocenters. The Bertz CT molecular complexity index is 1570. The fourth-order valence-corrected chi connectivity index (χ4v) is 7.10. The Morgan fingerprint density at radius 1 is 0.585 bits per heavy atom. The van der Waals surface area contributed by atoms with Crippen LogP contribution in [0, 0.1) is 49.4 Å². The molecule has 4 amide bonds. The van der Waals surface area contributed by atoms with Gasteiger partial charge in [-0.15, -0.1) is 0 Å². The van der Waals surface area contributed by atoms with Crippen molar-refractivity contribution in [2.45, 2.75) is 13.8 Å². The van der Waals surface area contributed by atoms with Crippen LogP contribution >= 0.6 is 0 Å². The molecule has 2 aliphatic heterocycles. The van der Waals surface area contributed by atoms with Crippen LogP contribution in [0.15, 0.2) is 90.5 Å². The van der Waals surface area contributed by atoms with Gasteiger partial charge in [0.25, 0.3) is 0 Å². The van der Waals surface area contributed by atoms with E-state index in [1.165, 1.54) is 0 Å². The number of ether oxygens (including phenoxy) is 1. The molecule has 2 unspecified atom stereocenters. The van der Waals surface area contributed by atoms with E-state index in [9.17, 15) is 24.0 Å². The normalized spacial score (nSPS) is 28.1. The molecule has 41 heavy (non-hydrogen) atoms. The van der Waals surface area contributed by atoms with E-state index < -0.39 is 65.1 Å². The van der Waals surface area contributed by atoms with Crippen LogP contribution in [0.4, 0.5) is 11.4 Å².